The average Bonchev–Trinajstić information content (AvgIpc) is 2.35. The van der Waals surface area contributed by atoms with Crippen molar-refractivity contribution in [2.24, 2.45) is 0 Å². The van der Waals surface area contributed by atoms with Crippen LogP contribution >= 0.6 is 11.8 Å². The van der Waals surface area contributed by atoms with Crippen LogP contribution in [0.25, 0.3) is 0 Å². The second-order valence-electron chi connectivity index (χ2n) is 3.31. The number of aromatic hydroxyl groups is 1. The fourth-order valence-electron chi connectivity index (χ4n) is 1.37. The van der Waals surface area contributed by atoms with E-state index in [1.165, 1.54) is 11.8 Å². The molecular formula is C13H13NO2S. The largest absolute Gasteiger partial charge is 0.507 e. The number of rotatable bonds is 4. The van der Waals surface area contributed by atoms with Gasteiger partial charge in [-0.25, -0.2) is 4.98 Å². The maximum atomic E-state index is 9.70. The molecule has 2 rings (SSSR count). The highest BCUT2D eigenvalue weighted by Crippen LogP contribution is 2.37. The fraction of sp³-hybridized carbons (Fsp3) is 0.154. The first kappa shape index (κ1) is 11.8. The molecule has 0 bridgehead atoms. The zero-order chi connectivity index (χ0) is 12.1. The molecule has 17 heavy (non-hydrogen) atoms. The molecule has 1 aromatic carbocycles. The van der Waals surface area contributed by atoms with Crippen molar-refractivity contribution in [2.75, 3.05) is 6.61 Å². The van der Waals surface area contributed by atoms with Gasteiger partial charge in [-0.05, 0) is 31.2 Å². The molecule has 0 atom stereocenters. The van der Waals surface area contributed by atoms with Crippen molar-refractivity contribution in [2.45, 2.75) is 16.8 Å². The minimum Gasteiger partial charge on any atom is -0.507 e. The molecule has 1 heterocycles. The van der Waals surface area contributed by atoms with Crippen molar-refractivity contribution in [3.8, 4) is 11.5 Å². The number of hydrogen-bond donors (Lipinski definition) is 1. The van der Waals surface area contributed by atoms with E-state index in [2.05, 4.69) is 4.98 Å². The van der Waals surface area contributed by atoms with Gasteiger partial charge in [0, 0.05) is 6.20 Å². The molecule has 0 unspecified atom stereocenters. The summed E-state index contributed by atoms with van der Waals surface area (Å²) in [6, 6.07) is 10.9. The number of phenolic OH excluding ortho intramolecular Hbond substituents is 1. The molecule has 0 spiro atoms. The van der Waals surface area contributed by atoms with E-state index in [-0.39, 0.29) is 5.75 Å². The smallest absolute Gasteiger partial charge is 0.151 e. The number of nitrogens with zero attached hydrogens (tertiary/aromatic N) is 1. The maximum Gasteiger partial charge on any atom is 0.151 e. The van der Waals surface area contributed by atoms with Crippen LogP contribution in [-0.4, -0.2) is 16.7 Å². The first-order valence-electron chi connectivity index (χ1n) is 5.35. The van der Waals surface area contributed by atoms with E-state index in [0.29, 0.717) is 6.61 Å². The standard InChI is InChI=1S/C13H13NO2S/c1-2-16-11-7-5-9-14-13(11)17-12-8-4-3-6-10(12)15/h3-9,15H,2H2,1H3. The minimum atomic E-state index is 0.255. The lowest BCUT2D eigenvalue weighted by Gasteiger charge is -2.08. The molecule has 2 aromatic rings. The van der Waals surface area contributed by atoms with E-state index in [4.69, 9.17) is 4.74 Å². The van der Waals surface area contributed by atoms with Gasteiger partial charge >= 0.3 is 0 Å². The summed E-state index contributed by atoms with van der Waals surface area (Å²) in [6.07, 6.45) is 1.71. The van der Waals surface area contributed by atoms with Gasteiger partial charge in [0.2, 0.25) is 0 Å². The van der Waals surface area contributed by atoms with Gasteiger partial charge in [0.15, 0.2) is 5.75 Å². The summed E-state index contributed by atoms with van der Waals surface area (Å²) in [5.74, 6) is 0.994. The quantitative estimate of drug-likeness (QED) is 0.899. The number of aromatic nitrogens is 1. The van der Waals surface area contributed by atoms with E-state index in [1.807, 2.05) is 31.2 Å². The third-order valence-corrected chi connectivity index (χ3v) is 3.17. The minimum absolute atomic E-state index is 0.255. The number of pyridine rings is 1. The number of ether oxygens (including phenoxy) is 1. The predicted octanol–water partition coefficient (Wildman–Crippen LogP) is 3.34. The fourth-order valence-corrected chi connectivity index (χ4v) is 2.23. The molecule has 0 aliphatic rings. The summed E-state index contributed by atoms with van der Waals surface area (Å²) >= 11 is 1.39. The Morgan fingerprint density at radius 2 is 2.06 bits per heavy atom. The Bertz CT molecular complexity index is 502. The molecule has 1 aromatic heterocycles. The Morgan fingerprint density at radius 3 is 2.82 bits per heavy atom. The second-order valence-corrected chi connectivity index (χ2v) is 4.34. The Balaban J connectivity index is 2.27. The molecule has 0 saturated carbocycles. The van der Waals surface area contributed by atoms with Crippen LogP contribution < -0.4 is 4.74 Å². The summed E-state index contributed by atoms with van der Waals surface area (Å²) in [4.78, 5) is 5.03. The van der Waals surface area contributed by atoms with Crippen molar-refractivity contribution in [1.82, 2.24) is 4.98 Å². The van der Waals surface area contributed by atoms with Crippen LogP contribution in [-0.2, 0) is 0 Å². The van der Waals surface area contributed by atoms with Crippen LogP contribution in [0.1, 0.15) is 6.92 Å². The molecule has 0 fully saturated rings. The van der Waals surface area contributed by atoms with E-state index in [9.17, 15) is 5.11 Å². The molecule has 1 N–H and O–H groups in total. The van der Waals surface area contributed by atoms with Crippen LogP contribution in [0.3, 0.4) is 0 Å². The van der Waals surface area contributed by atoms with Gasteiger partial charge in [0.05, 0.1) is 11.5 Å². The van der Waals surface area contributed by atoms with Gasteiger partial charge in [-0.2, -0.15) is 0 Å². The maximum absolute atomic E-state index is 9.70. The van der Waals surface area contributed by atoms with Crippen molar-refractivity contribution in [1.29, 1.82) is 0 Å². The zero-order valence-electron chi connectivity index (χ0n) is 9.46. The number of para-hydroxylation sites is 1. The molecule has 0 saturated heterocycles. The van der Waals surface area contributed by atoms with Crippen LogP contribution in [0.2, 0.25) is 0 Å². The molecule has 0 radical (unpaired) electrons. The number of hydrogen-bond acceptors (Lipinski definition) is 4. The predicted molar refractivity (Wildman–Crippen MR) is 67.6 cm³/mol. The highest BCUT2D eigenvalue weighted by molar-refractivity contribution is 7.99. The molecule has 4 heteroatoms. The summed E-state index contributed by atoms with van der Waals surface area (Å²) < 4.78 is 5.48. The summed E-state index contributed by atoms with van der Waals surface area (Å²) in [5.41, 5.74) is 0. The third-order valence-electron chi connectivity index (χ3n) is 2.11. The number of phenols is 1. The lowest BCUT2D eigenvalue weighted by molar-refractivity contribution is 0.329. The molecule has 88 valence electrons. The van der Waals surface area contributed by atoms with E-state index >= 15 is 0 Å². The average molecular weight is 247 g/mol. The lowest BCUT2D eigenvalue weighted by Crippen LogP contribution is -1.94. The normalized spacial score (nSPS) is 10.2. The van der Waals surface area contributed by atoms with Gasteiger partial charge in [-0.15, -0.1) is 0 Å². The Hall–Kier alpha value is -1.68. The molecule has 0 amide bonds. The topological polar surface area (TPSA) is 42.4 Å². The van der Waals surface area contributed by atoms with Gasteiger partial charge in [0.1, 0.15) is 10.8 Å². The molecular weight excluding hydrogens is 234 g/mol. The van der Waals surface area contributed by atoms with Crippen molar-refractivity contribution >= 4 is 11.8 Å². The molecule has 0 aliphatic heterocycles. The molecule has 0 aliphatic carbocycles. The SMILES string of the molecule is CCOc1cccnc1Sc1ccccc1O. The van der Waals surface area contributed by atoms with Crippen molar-refractivity contribution < 1.29 is 9.84 Å². The third kappa shape index (κ3) is 2.91. The number of benzene rings is 1. The van der Waals surface area contributed by atoms with Crippen molar-refractivity contribution in [3.05, 3.63) is 42.6 Å². The lowest BCUT2D eigenvalue weighted by atomic mass is 10.3. The zero-order valence-corrected chi connectivity index (χ0v) is 10.3. The van der Waals surface area contributed by atoms with Crippen molar-refractivity contribution in [3.63, 3.8) is 0 Å². The summed E-state index contributed by atoms with van der Waals surface area (Å²) in [7, 11) is 0. The van der Waals surface area contributed by atoms with Crippen LogP contribution in [0.4, 0.5) is 0 Å². The van der Waals surface area contributed by atoms with Crippen LogP contribution in [0, 0.1) is 0 Å². The summed E-state index contributed by atoms with van der Waals surface area (Å²) in [6.45, 7) is 2.53. The highest BCUT2D eigenvalue weighted by Gasteiger charge is 2.08. The Morgan fingerprint density at radius 1 is 1.24 bits per heavy atom. The Kier molecular flexibility index (Phi) is 3.88. The van der Waals surface area contributed by atoms with E-state index < -0.39 is 0 Å². The Labute approximate surface area is 104 Å². The summed E-state index contributed by atoms with van der Waals surface area (Å²) in [5, 5.41) is 10.5. The van der Waals surface area contributed by atoms with E-state index in [0.717, 1.165) is 15.7 Å². The van der Waals surface area contributed by atoms with Gasteiger partial charge in [-0.1, -0.05) is 23.9 Å². The highest BCUT2D eigenvalue weighted by atomic mass is 32.2. The van der Waals surface area contributed by atoms with Gasteiger partial charge in [0.25, 0.3) is 0 Å². The second kappa shape index (κ2) is 5.59. The van der Waals surface area contributed by atoms with Gasteiger partial charge in [-0.3, -0.25) is 0 Å². The molecule has 3 nitrogen and oxygen atoms in total. The first-order chi connectivity index (χ1) is 8.31. The first-order valence-corrected chi connectivity index (χ1v) is 6.16. The monoisotopic (exact) mass is 247 g/mol. The van der Waals surface area contributed by atoms with Crippen LogP contribution in [0.5, 0.6) is 11.5 Å². The van der Waals surface area contributed by atoms with Gasteiger partial charge < -0.3 is 9.84 Å². The van der Waals surface area contributed by atoms with Crippen LogP contribution in [0.15, 0.2) is 52.5 Å². The van der Waals surface area contributed by atoms with E-state index in [1.54, 1.807) is 18.3 Å².